The molecule has 0 spiro atoms. The van der Waals surface area contributed by atoms with Crippen LogP contribution in [0, 0.1) is 11.3 Å². The van der Waals surface area contributed by atoms with E-state index in [-0.39, 0.29) is 27.3 Å². The molecule has 1 saturated carbocycles. The third-order valence-electron chi connectivity index (χ3n) is 5.07. The Hall–Kier alpha value is -2.69. The number of sulfone groups is 1. The lowest BCUT2D eigenvalue weighted by Crippen LogP contribution is -2.14. The summed E-state index contributed by atoms with van der Waals surface area (Å²) in [6.45, 7) is 1.52. The Bertz CT molecular complexity index is 1320. The van der Waals surface area contributed by atoms with Gasteiger partial charge in [0.05, 0.1) is 38.8 Å². The Kier molecular flexibility index (Phi) is 4.29. The average Bonchev–Trinajstić information content (AvgIpc) is 3.50. The molecule has 0 N–H and O–H groups in total. The van der Waals surface area contributed by atoms with Crippen molar-refractivity contribution in [3.63, 3.8) is 0 Å². The van der Waals surface area contributed by atoms with Crippen LogP contribution >= 0.6 is 11.6 Å². The van der Waals surface area contributed by atoms with Crippen molar-refractivity contribution < 1.29 is 12.8 Å². The van der Waals surface area contributed by atoms with Crippen molar-refractivity contribution in [3.8, 4) is 17.3 Å². The normalized spacial score (nSPS) is 15.3. The highest BCUT2D eigenvalue weighted by Gasteiger charge is 2.46. The summed E-state index contributed by atoms with van der Waals surface area (Å²) in [5.74, 6) is -0.157. The fraction of sp³-hybridized carbons (Fsp3) is 0.250. The third-order valence-corrected chi connectivity index (χ3v) is 7.05. The first-order valence-electron chi connectivity index (χ1n) is 8.67. The molecule has 1 aliphatic rings. The quantitative estimate of drug-likeness (QED) is 0.642. The average molecular weight is 415 g/mol. The second-order valence-electron chi connectivity index (χ2n) is 6.79. The van der Waals surface area contributed by atoms with E-state index in [9.17, 15) is 18.5 Å². The SMILES string of the molecule is CCS(=O)(=O)c1cc(C2(C#N)CC2)cnc1-c1coc2ccc(Cl)cc2c1=O. The summed E-state index contributed by atoms with van der Waals surface area (Å²) in [6, 6.07) is 8.36. The minimum atomic E-state index is -3.70. The molecule has 0 aliphatic heterocycles. The van der Waals surface area contributed by atoms with E-state index in [1.807, 2.05) is 0 Å². The Balaban J connectivity index is 2.00. The van der Waals surface area contributed by atoms with Crippen molar-refractivity contribution in [3.05, 3.63) is 57.5 Å². The fourth-order valence-corrected chi connectivity index (χ4v) is 4.40. The lowest BCUT2D eigenvalue weighted by Gasteiger charge is -2.13. The molecule has 0 unspecified atom stereocenters. The summed E-state index contributed by atoms with van der Waals surface area (Å²) in [4.78, 5) is 17.2. The zero-order valence-corrected chi connectivity index (χ0v) is 16.5. The number of hydrogen-bond acceptors (Lipinski definition) is 6. The van der Waals surface area contributed by atoms with Gasteiger partial charge in [0, 0.05) is 11.2 Å². The Labute approximate surface area is 166 Å². The second kappa shape index (κ2) is 6.43. The van der Waals surface area contributed by atoms with Crippen molar-refractivity contribution in [1.82, 2.24) is 4.98 Å². The molecule has 142 valence electrons. The molecule has 1 aliphatic carbocycles. The highest BCUT2D eigenvalue weighted by Crippen LogP contribution is 2.48. The van der Waals surface area contributed by atoms with Crippen molar-refractivity contribution >= 4 is 32.4 Å². The van der Waals surface area contributed by atoms with Gasteiger partial charge in [0.15, 0.2) is 9.84 Å². The van der Waals surface area contributed by atoms with Crippen molar-refractivity contribution in [1.29, 1.82) is 5.26 Å². The summed E-state index contributed by atoms with van der Waals surface area (Å²) in [5, 5.41) is 10.0. The zero-order valence-electron chi connectivity index (χ0n) is 14.9. The third kappa shape index (κ3) is 2.89. The monoisotopic (exact) mass is 414 g/mol. The first kappa shape index (κ1) is 18.7. The van der Waals surface area contributed by atoms with E-state index in [2.05, 4.69) is 11.1 Å². The molecule has 6 nitrogen and oxygen atoms in total. The van der Waals surface area contributed by atoms with Gasteiger partial charge in [-0.05, 0) is 42.7 Å². The maximum atomic E-state index is 13.0. The fourth-order valence-electron chi connectivity index (χ4n) is 3.16. The second-order valence-corrected chi connectivity index (χ2v) is 9.47. The molecule has 8 heteroatoms. The molecule has 0 bridgehead atoms. The lowest BCUT2D eigenvalue weighted by molar-refractivity contribution is 0.596. The number of fused-ring (bicyclic) bond motifs is 1. The van der Waals surface area contributed by atoms with E-state index in [1.165, 1.54) is 31.5 Å². The number of pyridine rings is 1. The maximum absolute atomic E-state index is 13.0. The molecule has 1 fully saturated rings. The smallest absolute Gasteiger partial charge is 0.202 e. The summed E-state index contributed by atoms with van der Waals surface area (Å²) in [6.07, 6.45) is 4.01. The highest BCUT2D eigenvalue weighted by molar-refractivity contribution is 7.91. The number of nitriles is 1. The number of nitrogens with zero attached hydrogens (tertiary/aromatic N) is 2. The van der Waals surface area contributed by atoms with Crippen LogP contribution in [0.3, 0.4) is 0 Å². The molecule has 0 amide bonds. The molecule has 3 aromatic rings. The van der Waals surface area contributed by atoms with E-state index in [1.54, 1.807) is 12.1 Å². The molecule has 1 aromatic carbocycles. The van der Waals surface area contributed by atoms with Gasteiger partial charge in [0.2, 0.25) is 5.43 Å². The molecule has 4 rings (SSSR count). The van der Waals surface area contributed by atoms with Crippen molar-refractivity contribution in [2.45, 2.75) is 30.1 Å². The highest BCUT2D eigenvalue weighted by atomic mass is 35.5. The van der Waals surface area contributed by atoms with Crippen LogP contribution in [0.2, 0.25) is 5.02 Å². The van der Waals surface area contributed by atoms with Crippen molar-refractivity contribution in [2.75, 3.05) is 5.75 Å². The predicted molar refractivity (Wildman–Crippen MR) is 105 cm³/mol. The van der Waals surface area contributed by atoms with Crippen molar-refractivity contribution in [2.24, 2.45) is 0 Å². The molecular weight excluding hydrogens is 400 g/mol. The predicted octanol–water partition coefficient (Wildman–Crippen LogP) is 3.86. The molecule has 28 heavy (non-hydrogen) atoms. The van der Waals surface area contributed by atoms with Crippen LogP contribution in [-0.4, -0.2) is 19.2 Å². The Morgan fingerprint density at radius 3 is 2.71 bits per heavy atom. The molecule has 2 aromatic heterocycles. The minimum Gasteiger partial charge on any atom is -0.463 e. The van der Waals surface area contributed by atoms with Crippen LogP contribution in [-0.2, 0) is 15.3 Å². The minimum absolute atomic E-state index is 0.0231. The van der Waals surface area contributed by atoms with E-state index < -0.39 is 20.7 Å². The first-order chi connectivity index (χ1) is 13.3. The van der Waals surface area contributed by atoms with Gasteiger partial charge in [-0.15, -0.1) is 0 Å². The zero-order chi connectivity index (χ0) is 20.1. The largest absolute Gasteiger partial charge is 0.463 e. The maximum Gasteiger partial charge on any atom is 0.202 e. The molecule has 0 saturated heterocycles. The Morgan fingerprint density at radius 2 is 2.07 bits per heavy atom. The van der Waals surface area contributed by atoms with Gasteiger partial charge >= 0.3 is 0 Å². The Morgan fingerprint density at radius 1 is 1.32 bits per heavy atom. The van der Waals surface area contributed by atoms with Gasteiger partial charge in [0.25, 0.3) is 0 Å². The van der Waals surface area contributed by atoms with Crippen LogP contribution in [0.5, 0.6) is 0 Å². The number of benzene rings is 1. The van der Waals surface area contributed by atoms with Crippen LogP contribution < -0.4 is 5.43 Å². The standard InChI is InChI=1S/C20H15ClN2O4S/c1-2-28(25,26)17-7-12(20(11-22)5-6-20)9-23-18(17)15-10-27-16-4-3-13(21)8-14(16)19(15)24/h3-4,7-10H,2,5-6H2,1H3. The summed E-state index contributed by atoms with van der Waals surface area (Å²) < 4.78 is 31.0. The first-order valence-corrected chi connectivity index (χ1v) is 10.7. The van der Waals surface area contributed by atoms with E-state index in [0.717, 1.165) is 0 Å². The van der Waals surface area contributed by atoms with Crippen LogP contribution in [0.1, 0.15) is 25.3 Å². The van der Waals surface area contributed by atoms with Gasteiger partial charge in [-0.3, -0.25) is 9.78 Å². The van der Waals surface area contributed by atoms with E-state index >= 15 is 0 Å². The summed E-state index contributed by atoms with van der Waals surface area (Å²) in [5.41, 5.74) is -0.149. The van der Waals surface area contributed by atoms with E-state index in [0.29, 0.717) is 29.0 Å². The molecule has 0 radical (unpaired) electrons. The summed E-state index contributed by atoms with van der Waals surface area (Å²) >= 11 is 5.99. The topological polar surface area (TPSA) is 101 Å². The molecule has 0 atom stereocenters. The van der Waals surface area contributed by atoms with Crippen LogP contribution in [0.25, 0.3) is 22.2 Å². The number of halogens is 1. The lowest BCUT2D eigenvalue weighted by atomic mass is 9.99. The number of hydrogen-bond donors (Lipinski definition) is 0. The summed E-state index contributed by atoms with van der Waals surface area (Å²) in [7, 11) is -3.70. The van der Waals surface area contributed by atoms with Crippen LogP contribution in [0.4, 0.5) is 0 Å². The van der Waals surface area contributed by atoms with Gasteiger partial charge < -0.3 is 4.42 Å². The van der Waals surface area contributed by atoms with Gasteiger partial charge in [-0.2, -0.15) is 5.26 Å². The molecule has 2 heterocycles. The van der Waals surface area contributed by atoms with Gasteiger partial charge in [0.1, 0.15) is 11.8 Å². The van der Waals surface area contributed by atoms with E-state index in [4.69, 9.17) is 16.0 Å². The van der Waals surface area contributed by atoms with Gasteiger partial charge in [-0.1, -0.05) is 18.5 Å². The number of rotatable bonds is 4. The molecular formula is C20H15ClN2O4S. The van der Waals surface area contributed by atoms with Crippen LogP contribution in [0.15, 0.2) is 50.8 Å². The van der Waals surface area contributed by atoms with Gasteiger partial charge in [-0.25, -0.2) is 8.42 Å². The number of aromatic nitrogens is 1.